The zero-order chi connectivity index (χ0) is 11.5. The summed E-state index contributed by atoms with van der Waals surface area (Å²) in [5.74, 6) is 0.478. The Morgan fingerprint density at radius 3 is 3.00 bits per heavy atom. The number of nitrogens with zero attached hydrogens (tertiary/aromatic N) is 3. The van der Waals surface area contributed by atoms with Gasteiger partial charge in [0.2, 0.25) is 0 Å². The lowest BCUT2D eigenvalue weighted by molar-refractivity contribution is 0.382. The van der Waals surface area contributed by atoms with Gasteiger partial charge in [-0.1, -0.05) is 11.6 Å². The van der Waals surface area contributed by atoms with E-state index in [-0.39, 0.29) is 0 Å². The van der Waals surface area contributed by atoms with Gasteiger partial charge in [0.15, 0.2) is 5.96 Å². The highest BCUT2D eigenvalue weighted by Gasteiger charge is 2.17. The number of aliphatic imine (C=N–C) groups is 1. The third-order valence-corrected chi connectivity index (χ3v) is 3.03. The zero-order valence-corrected chi connectivity index (χ0v) is 10.0. The Kier molecular flexibility index (Phi) is 3.33. The fraction of sp³-hybridized carbons (Fsp3) is 0.600. The Morgan fingerprint density at radius 1 is 1.75 bits per heavy atom. The summed E-state index contributed by atoms with van der Waals surface area (Å²) in [5, 5.41) is 7.98. The topological polar surface area (TPSA) is 68.2 Å². The SMILES string of the molecule is Cn1cc(Cl)c(CN=C(N)NC2CCC2)n1. The van der Waals surface area contributed by atoms with Crippen molar-refractivity contribution in [2.45, 2.75) is 31.8 Å². The number of nitrogens with one attached hydrogen (secondary N) is 1. The summed E-state index contributed by atoms with van der Waals surface area (Å²) in [6, 6.07) is 0.503. The summed E-state index contributed by atoms with van der Waals surface area (Å²) in [5.41, 5.74) is 6.50. The Morgan fingerprint density at radius 2 is 2.50 bits per heavy atom. The van der Waals surface area contributed by atoms with Crippen LogP contribution in [0.15, 0.2) is 11.2 Å². The monoisotopic (exact) mass is 241 g/mol. The van der Waals surface area contributed by atoms with E-state index in [1.807, 2.05) is 7.05 Å². The quantitative estimate of drug-likeness (QED) is 0.614. The second-order valence-electron chi connectivity index (χ2n) is 4.07. The van der Waals surface area contributed by atoms with Gasteiger partial charge in [0.25, 0.3) is 0 Å². The van der Waals surface area contributed by atoms with Gasteiger partial charge in [-0.2, -0.15) is 5.10 Å². The number of nitrogens with two attached hydrogens (primary N) is 1. The highest BCUT2D eigenvalue weighted by atomic mass is 35.5. The van der Waals surface area contributed by atoms with Crippen molar-refractivity contribution in [3.05, 3.63) is 16.9 Å². The number of guanidine groups is 1. The van der Waals surface area contributed by atoms with E-state index in [0.717, 1.165) is 5.69 Å². The van der Waals surface area contributed by atoms with E-state index in [0.29, 0.717) is 23.6 Å². The third-order valence-electron chi connectivity index (χ3n) is 2.71. The first-order valence-corrected chi connectivity index (χ1v) is 5.77. The van der Waals surface area contributed by atoms with Crippen LogP contribution in [0.1, 0.15) is 25.0 Å². The highest BCUT2D eigenvalue weighted by Crippen LogP contribution is 2.17. The molecule has 1 fully saturated rings. The molecule has 1 heterocycles. The molecule has 1 saturated carbocycles. The summed E-state index contributed by atoms with van der Waals surface area (Å²) >= 11 is 5.96. The van der Waals surface area contributed by atoms with Gasteiger partial charge >= 0.3 is 0 Å². The molecule has 1 aliphatic rings. The van der Waals surface area contributed by atoms with Crippen LogP contribution in [-0.2, 0) is 13.6 Å². The average molecular weight is 242 g/mol. The molecule has 5 nitrogen and oxygen atoms in total. The van der Waals surface area contributed by atoms with Crippen molar-refractivity contribution in [1.29, 1.82) is 0 Å². The maximum atomic E-state index is 5.96. The highest BCUT2D eigenvalue weighted by molar-refractivity contribution is 6.31. The Labute approximate surface area is 99.7 Å². The molecule has 0 saturated heterocycles. The summed E-state index contributed by atoms with van der Waals surface area (Å²) in [6.45, 7) is 0.422. The first-order valence-electron chi connectivity index (χ1n) is 5.39. The van der Waals surface area contributed by atoms with Crippen molar-refractivity contribution in [2.75, 3.05) is 0 Å². The predicted molar refractivity (Wildman–Crippen MR) is 64.3 cm³/mol. The molecule has 0 spiro atoms. The summed E-state index contributed by atoms with van der Waals surface area (Å²) in [4.78, 5) is 4.21. The molecule has 2 rings (SSSR count). The van der Waals surface area contributed by atoms with Crippen LogP contribution in [0.3, 0.4) is 0 Å². The van der Waals surface area contributed by atoms with Gasteiger partial charge in [0, 0.05) is 19.3 Å². The fourth-order valence-electron chi connectivity index (χ4n) is 1.58. The Balaban J connectivity index is 1.89. The van der Waals surface area contributed by atoms with Gasteiger partial charge in [0.1, 0.15) is 5.69 Å². The average Bonchev–Trinajstić information content (AvgIpc) is 2.48. The second-order valence-corrected chi connectivity index (χ2v) is 4.48. The molecule has 1 aliphatic carbocycles. The van der Waals surface area contributed by atoms with E-state index in [9.17, 15) is 0 Å². The number of halogens is 1. The number of hydrogen-bond acceptors (Lipinski definition) is 2. The van der Waals surface area contributed by atoms with E-state index in [4.69, 9.17) is 17.3 Å². The lowest BCUT2D eigenvalue weighted by atomic mass is 9.93. The maximum absolute atomic E-state index is 5.96. The fourth-order valence-corrected chi connectivity index (χ4v) is 1.82. The van der Waals surface area contributed by atoms with Crippen LogP contribution in [0.5, 0.6) is 0 Å². The van der Waals surface area contributed by atoms with Crippen molar-refractivity contribution in [2.24, 2.45) is 17.8 Å². The van der Waals surface area contributed by atoms with Gasteiger partial charge in [-0.3, -0.25) is 4.68 Å². The van der Waals surface area contributed by atoms with Crippen LogP contribution in [0, 0.1) is 0 Å². The molecule has 0 unspecified atom stereocenters. The summed E-state index contributed by atoms with van der Waals surface area (Å²) in [7, 11) is 1.83. The normalized spacial score (nSPS) is 17.2. The van der Waals surface area contributed by atoms with Crippen molar-refractivity contribution >= 4 is 17.6 Å². The minimum absolute atomic E-state index is 0.422. The molecule has 16 heavy (non-hydrogen) atoms. The van der Waals surface area contributed by atoms with E-state index >= 15 is 0 Å². The maximum Gasteiger partial charge on any atom is 0.189 e. The standard InChI is InChI=1S/C10H16ClN5/c1-16-6-8(11)9(15-16)5-13-10(12)14-7-3-2-4-7/h6-7H,2-5H2,1H3,(H3,12,13,14). The molecule has 88 valence electrons. The second kappa shape index (κ2) is 4.74. The Bertz CT molecular complexity index is 394. The van der Waals surface area contributed by atoms with Crippen LogP contribution >= 0.6 is 11.6 Å². The van der Waals surface area contributed by atoms with Gasteiger partial charge in [0.05, 0.1) is 11.6 Å². The van der Waals surface area contributed by atoms with Crippen LogP contribution < -0.4 is 11.1 Å². The smallest absolute Gasteiger partial charge is 0.189 e. The molecule has 3 N–H and O–H groups in total. The Hall–Kier alpha value is -1.23. The number of aromatic nitrogens is 2. The summed E-state index contributed by atoms with van der Waals surface area (Å²) in [6.07, 6.45) is 5.39. The molecule has 0 aromatic carbocycles. The van der Waals surface area contributed by atoms with Gasteiger partial charge in [-0.05, 0) is 19.3 Å². The van der Waals surface area contributed by atoms with Crippen LogP contribution in [0.25, 0.3) is 0 Å². The zero-order valence-electron chi connectivity index (χ0n) is 9.28. The van der Waals surface area contributed by atoms with E-state index in [1.165, 1.54) is 19.3 Å². The van der Waals surface area contributed by atoms with Gasteiger partial charge in [-0.15, -0.1) is 0 Å². The molecule has 1 aromatic heterocycles. The van der Waals surface area contributed by atoms with Crippen LogP contribution in [0.2, 0.25) is 5.02 Å². The molecule has 1 aromatic rings. The molecule has 6 heteroatoms. The number of rotatable bonds is 3. The van der Waals surface area contributed by atoms with Gasteiger partial charge in [-0.25, -0.2) is 4.99 Å². The van der Waals surface area contributed by atoms with Crippen LogP contribution in [0.4, 0.5) is 0 Å². The van der Waals surface area contributed by atoms with Crippen molar-refractivity contribution in [3.63, 3.8) is 0 Å². The molecule has 0 bridgehead atoms. The first-order chi connectivity index (χ1) is 7.65. The number of hydrogen-bond donors (Lipinski definition) is 2. The van der Waals surface area contributed by atoms with E-state index in [1.54, 1.807) is 10.9 Å². The minimum Gasteiger partial charge on any atom is -0.370 e. The van der Waals surface area contributed by atoms with Crippen LogP contribution in [-0.4, -0.2) is 21.8 Å². The summed E-state index contributed by atoms with van der Waals surface area (Å²) < 4.78 is 1.67. The van der Waals surface area contributed by atoms with Crippen molar-refractivity contribution in [1.82, 2.24) is 15.1 Å². The molecular formula is C10H16ClN5. The number of aryl methyl sites for hydroxylation is 1. The van der Waals surface area contributed by atoms with Crippen molar-refractivity contribution < 1.29 is 0 Å². The third kappa shape index (κ3) is 2.66. The lowest BCUT2D eigenvalue weighted by Crippen LogP contribution is -2.43. The minimum atomic E-state index is 0.422. The predicted octanol–water partition coefficient (Wildman–Crippen LogP) is 1.03. The van der Waals surface area contributed by atoms with Gasteiger partial charge < -0.3 is 11.1 Å². The molecule has 0 aliphatic heterocycles. The molecule has 0 amide bonds. The molecular weight excluding hydrogens is 226 g/mol. The largest absolute Gasteiger partial charge is 0.370 e. The molecule has 0 atom stereocenters. The molecule has 0 radical (unpaired) electrons. The van der Waals surface area contributed by atoms with E-state index < -0.39 is 0 Å². The first kappa shape index (κ1) is 11.3. The lowest BCUT2D eigenvalue weighted by Gasteiger charge is -2.26. The van der Waals surface area contributed by atoms with E-state index in [2.05, 4.69) is 15.4 Å². The van der Waals surface area contributed by atoms with Crippen molar-refractivity contribution in [3.8, 4) is 0 Å².